The van der Waals surface area contributed by atoms with Crippen LogP contribution in [0.15, 0.2) is 0 Å². The van der Waals surface area contributed by atoms with Gasteiger partial charge in [-0.25, -0.2) is 0 Å². The number of ether oxygens (including phenoxy) is 2. The van der Waals surface area contributed by atoms with Crippen molar-refractivity contribution in [3.63, 3.8) is 0 Å². The van der Waals surface area contributed by atoms with Crippen LogP contribution >= 0.6 is 0 Å². The zero-order chi connectivity index (χ0) is 9.86. The van der Waals surface area contributed by atoms with Crippen LogP contribution in [0.5, 0.6) is 0 Å². The normalized spacial score (nSPS) is 31.1. The Balaban J connectivity index is 1.69. The zero-order valence-corrected chi connectivity index (χ0v) is 8.50. The molecule has 0 amide bonds. The quantitative estimate of drug-likeness (QED) is 0.685. The fourth-order valence-electron chi connectivity index (χ4n) is 1.99. The first-order valence-corrected chi connectivity index (χ1v) is 5.40. The Morgan fingerprint density at radius 3 is 2.79 bits per heavy atom. The van der Waals surface area contributed by atoms with Crippen LogP contribution < -0.4 is 5.32 Å². The Morgan fingerprint density at radius 2 is 2.29 bits per heavy atom. The summed E-state index contributed by atoms with van der Waals surface area (Å²) in [6.45, 7) is 2.29. The van der Waals surface area contributed by atoms with E-state index < -0.39 is 0 Å². The van der Waals surface area contributed by atoms with Gasteiger partial charge >= 0.3 is 0 Å². The molecule has 82 valence electrons. The molecule has 0 bridgehead atoms. The molecule has 0 aromatic carbocycles. The Labute approximate surface area is 84.6 Å². The Hall–Kier alpha value is -0.160. The highest BCUT2D eigenvalue weighted by atomic mass is 16.7. The first-order valence-electron chi connectivity index (χ1n) is 5.40. The van der Waals surface area contributed by atoms with Gasteiger partial charge in [-0.15, -0.1) is 0 Å². The predicted molar refractivity (Wildman–Crippen MR) is 52.0 cm³/mol. The second-order valence-corrected chi connectivity index (χ2v) is 4.28. The Bertz CT molecular complexity index is 171. The molecule has 4 nitrogen and oxygen atoms in total. The van der Waals surface area contributed by atoms with E-state index in [0.29, 0.717) is 6.79 Å². The highest BCUT2D eigenvalue weighted by Crippen LogP contribution is 2.31. The third-order valence-electron chi connectivity index (χ3n) is 3.29. The van der Waals surface area contributed by atoms with Crippen molar-refractivity contribution in [1.82, 2.24) is 5.32 Å². The largest absolute Gasteiger partial charge is 0.394 e. The maximum Gasteiger partial charge on any atom is 0.147 e. The minimum absolute atomic E-state index is 0.00165. The van der Waals surface area contributed by atoms with Gasteiger partial charge in [0.05, 0.1) is 19.3 Å². The number of nitrogens with one attached hydrogen (secondary N) is 1. The molecule has 1 aliphatic carbocycles. The molecule has 14 heavy (non-hydrogen) atoms. The number of hydrogen-bond donors (Lipinski definition) is 2. The van der Waals surface area contributed by atoms with Crippen LogP contribution in [0.25, 0.3) is 0 Å². The van der Waals surface area contributed by atoms with Crippen molar-refractivity contribution in [2.75, 3.05) is 26.6 Å². The molecule has 1 saturated heterocycles. The standard InChI is InChI=1S/C10H19NO3/c12-7-10(3-1-4-10)11-6-9-2-5-13-8-14-9/h9,11-12H,1-8H2. The fourth-order valence-corrected chi connectivity index (χ4v) is 1.99. The lowest BCUT2D eigenvalue weighted by atomic mass is 9.77. The lowest BCUT2D eigenvalue weighted by Crippen LogP contribution is -2.56. The first kappa shape index (κ1) is 10.4. The van der Waals surface area contributed by atoms with E-state index in [1.165, 1.54) is 6.42 Å². The molecular formula is C10H19NO3. The van der Waals surface area contributed by atoms with Gasteiger partial charge in [0.2, 0.25) is 0 Å². The van der Waals surface area contributed by atoms with Crippen molar-refractivity contribution in [3.8, 4) is 0 Å². The smallest absolute Gasteiger partial charge is 0.147 e. The van der Waals surface area contributed by atoms with Crippen molar-refractivity contribution in [1.29, 1.82) is 0 Å². The zero-order valence-electron chi connectivity index (χ0n) is 8.50. The van der Waals surface area contributed by atoms with Gasteiger partial charge in [-0.05, 0) is 25.7 Å². The summed E-state index contributed by atoms with van der Waals surface area (Å²) in [6.07, 6.45) is 4.61. The molecule has 1 atom stereocenters. The van der Waals surface area contributed by atoms with Crippen molar-refractivity contribution in [3.05, 3.63) is 0 Å². The monoisotopic (exact) mass is 201 g/mol. The van der Waals surface area contributed by atoms with E-state index in [0.717, 1.165) is 32.4 Å². The number of aliphatic hydroxyl groups excluding tert-OH is 1. The number of rotatable bonds is 4. The minimum atomic E-state index is 0.00165. The van der Waals surface area contributed by atoms with Crippen LogP contribution in [0.1, 0.15) is 25.7 Å². The van der Waals surface area contributed by atoms with E-state index in [1.807, 2.05) is 0 Å². The summed E-state index contributed by atoms with van der Waals surface area (Å²) < 4.78 is 10.5. The molecule has 4 heteroatoms. The molecule has 2 rings (SSSR count). The van der Waals surface area contributed by atoms with Crippen molar-refractivity contribution in [2.45, 2.75) is 37.3 Å². The van der Waals surface area contributed by atoms with E-state index in [1.54, 1.807) is 0 Å². The molecule has 0 aromatic heterocycles. The molecule has 2 fully saturated rings. The number of aliphatic hydroxyl groups is 1. The molecule has 0 aromatic rings. The molecule has 2 N–H and O–H groups in total. The summed E-state index contributed by atoms with van der Waals surface area (Å²) in [5.41, 5.74) is 0.00165. The molecule has 0 radical (unpaired) electrons. The van der Waals surface area contributed by atoms with Crippen molar-refractivity contribution in [2.24, 2.45) is 0 Å². The first-order chi connectivity index (χ1) is 6.85. The highest BCUT2D eigenvalue weighted by molar-refractivity contribution is 4.95. The molecule has 1 saturated carbocycles. The summed E-state index contributed by atoms with van der Waals surface area (Å²) in [4.78, 5) is 0. The lowest BCUT2D eigenvalue weighted by molar-refractivity contribution is -0.139. The molecule has 2 aliphatic rings. The van der Waals surface area contributed by atoms with Crippen LogP contribution in [0.2, 0.25) is 0 Å². The Kier molecular flexibility index (Phi) is 3.38. The molecule has 1 aliphatic heterocycles. The Morgan fingerprint density at radius 1 is 1.43 bits per heavy atom. The third kappa shape index (κ3) is 2.25. The van der Waals surface area contributed by atoms with Gasteiger partial charge in [0.25, 0.3) is 0 Å². The van der Waals surface area contributed by atoms with Crippen molar-refractivity contribution < 1.29 is 14.6 Å². The lowest BCUT2D eigenvalue weighted by Gasteiger charge is -2.42. The summed E-state index contributed by atoms with van der Waals surface area (Å²) >= 11 is 0. The molecule has 0 spiro atoms. The minimum Gasteiger partial charge on any atom is -0.394 e. The van der Waals surface area contributed by atoms with Crippen LogP contribution in [0.4, 0.5) is 0 Å². The van der Waals surface area contributed by atoms with E-state index >= 15 is 0 Å². The van der Waals surface area contributed by atoms with Gasteiger partial charge in [0, 0.05) is 12.1 Å². The fraction of sp³-hybridized carbons (Fsp3) is 1.00. The average Bonchev–Trinajstić information content (AvgIpc) is 2.19. The van der Waals surface area contributed by atoms with Crippen LogP contribution in [-0.2, 0) is 9.47 Å². The molecular weight excluding hydrogens is 182 g/mol. The highest BCUT2D eigenvalue weighted by Gasteiger charge is 2.36. The average molecular weight is 201 g/mol. The van der Waals surface area contributed by atoms with E-state index in [4.69, 9.17) is 9.47 Å². The maximum absolute atomic E-state index is 9.24. The van der Waals surface area contributed by atoms with E-state index in [-0.39, 0.29) is 18.2 Å². The van der Waals surface area contributed by atoms with Gasteiger partial charge in [0.1, 0.15) is 6.79 Å². The van der Waals surface area contributed by atoms with Gasteiger partial charge in [-0.2, -0.15) is 0 Å². The second kappa shape index (κ2) is 4.57. The van der Waals surface area contributed by atoms with Crippen LogP contribution in [0, 0.1) is 0 Å². The van der Waals surface area contributed by atoms with E-state index in [9.17, 15) is 5.11 Å². The van der Waals surface area contributed by atoms with Gasteiger partial charge < -0.3 is 19.9 Å². The predicted octanol–water partition coefficient (Wildman–Crippen LogP) is 0.254. The van der Waals surface area contributed by atoms with Gasteiger partial charge in [-0.3, -0.25) is 0 Å². The topological polar surface area (TPSA) is 50.7 Å². The summed E-state index contributed by atoms with van der Waals surface area (Å²) in [5.74, 6) is 0. The van der Waals surface area contributed by atoms with Gasteiger partial charge in [-0.1, -0.05) is 0 Å². The van der Waals surface area contributed by atoms with Crippen LogP contribution in [0.3, 0.4) is 0 Å². The summed E-state index contributed by atoms with van der Waals surface area (Å²) in [7, 11) is 0. The molecule has 1 heterocycles. The summed E-state index contributed by atoms with van der Waals surface area (Å²) in [6, 6.07) is 0. The third-order valence-corrected chi connectivity index (χ3v) is 3.29. The summed E-state index contributed by atoms with van der Waals surface area (Å²) in [5, 5.41) is 12.7. The number of hydrogen-bond acceptors (Lipinski definition) is 4. The molecule has 1 unspecified atom stereocenters. The van der Waals surface area contributed by atoms with Crippen LogP contribution in [-0.4, -0.2) is 43.3 Å². The van der Waals surface area contributed by atoms with Gasteiger partial charge in [0.15, 0.2) is 0 Å². The van der Waals surface area contributed by atoms with Crippen molar-refractivity contribution >= 4 is 0 Å². The SMILES string of the molecule is OCC1(NCC2CCOCO2)CCC1. The van der Waals surface area contributed by atoms with E-state index in [2.05, 4.69) is 5.32 Å². The maximum atomic E-state index is 9.24. The second-order valence-electron chi connectivity index (χ2n) is 4.28.